The Bertz CT molecular complexity index is 426. The molecule has 0 spiro atoms. The topological polar surface area (TPSA) is 81.6 Å². The fraction of sp³-hybridized carbons (Fsp3) is 0.500. The van der Waals surface area contributed by atoms with E-state index in [0.717, 1.165) is 0 Å². The minimum absolute atomic E-state index is 0.0106. The average molecular weight is 266 g/mol. The Morgan fingerprint density at radius 3 is 2.11 bits per heavy atom. The van der Waals surface area contributed by atoms with Crippen molar-refractivity contribution in [3.63, 3.8) is 0 Å². The third kappa shape index (κ3) is 4.13. The van der Waals surface area contributed by atoms with Crippen LogP contribution in [0.25, 0.3) is 0 Å². The van der Waals surface area contributed by atoms with Gasteiger partial charge in [0.1, 0.15) is 11.5 Å². The number of amides is 1. The van der Waals surface area contributed by atoms with Crippen molar-refractivity contribution in [2.45, 2.75) is 45.8 Å². The van der Waals surface area contributed by atoms with Gasteiger partial charge in [-0.3, -0.25) is 10.1 Å². The van der Waals surface area contributed by atoms with Crippen molar-refractivity contribution < 1.29 is 15.0 Å². The summed E-state index contributed by atoms with van der Waals surface area (Å²) < 4.78 is 0. The van der Waals surface area contributed by atoms with Crippen molar-refractivity contribution in [1.82, 2.24) is 10.6 Å². The largest absolute Gasteiger partial charge is 0.507 e. The van der Waals surface area contributed by atoms with Gasteiger partial charge in [-0.1, -0.05) is 6.07 Å². The van der Waals surface area contributed by atoms with E-state index in [2.05, 4.69) is 10.6 Å². The average Bonchev–Trinajstić information content (AvgIpc) is 2.27. The normalized spacial score (nSPS) is 14.2. The lowest BCUT2D eigenvalue weighted by molar-refractivity contribution is -0.123. The summed E-state index contributed by atoms with van der Waals surface area (Å²) in [5.74, 6) is -0.0929. The number of rotatable bonds is 5. The van der Waals surface area contributed by atoms with E-state index in [1.165, 1.54) is 12.1 Å². The summed E-state index contributed by atoms with van der Waals surface area (Å²) in [5.41, 5.74) is 0.395. The van der Waals surface area contributed by atoms with E-state index in [0.29, 0.717) is 5.56 Å². The lowest BCUT2D eigenvalue weighted by atomic mass is 10.0. The molecule has 106 valence electrons. The number of carbonyl (C=O) groups excluding carboxylic acids is 1. The van der Waals surface area contributed by atoms with Crippen molar-refractivity contribution in [1.29, 1.82) is 0 Å². The lowest BCUT2D eigenvalue weighted by Gasteiger charge is -2.22. The van der Waals surface area contributed by atoms with E-state index in [4.69, 9.17) is 0 Å². The van der Waals surface area contributed by atoms with E-state index in [1.54, 1.807) is 19.9 Å². The molecular formula is C14H22N2O3. The van der Waals surface area contributed by atoms with Gasteiger partial charge >= 0.3 is 0 Å². The van der Waals surface area contributed by atoms with Gasteiger partial charge in [0.05, 0.1) is 11.6 Å². The first kappa shape index (κ1) is 15.3. The molecule has 0 saturated heterocycles. The molecule has 1 aromatic carbocycles. The summed E-state index contributed by atoms with van der Waals surface area (Å²) >= 11 is 0. The Balaban J connectivity index is 2.74. The standard InChI is InChI=1S/C14H22N2O3/c1-8(2)15-14(19)10(4)16-9(3)13-11(17)6-5-7-12(13)18/h5-10,16-18H,1-4H3,(H,15,19). The summed E-state index contributed by atoms with van der Waals surface area (Å²) in [6, 6.07) is 3.89. The minimum atomic E-state index is -0.420. The highest BCUT2D eigenvalue weighted by Crippen LogP contribution is 2.32. The van der Waals surface area contributed by atoms with Gasteiger partial charge < -0.3 is 15.5 Å². The zero-order chi connectivity index (χ0) is 14.6. The minimum Gasteiger partial charge on any atom is -0.507 e. The van der Waals surface area contributed by atoms with Crippen LogP contribution >= 0.6 is 0 Å². The SMILES string of the molecule is CC(C)NC(=O)C(C)NC(C)c1c(O)cccc1O. The molecule has 0 heterocycles. The Morgan fingerprint density at radius 2 is 1.63 bits per heavy atom. The first-order chi connectivity index (χ1) is 8.82. The molecule has 2 atom stereocenters. The van der Waals surface area contributed by atoms with Gasteiger partial charge in [0.2, 0.25) is 5.91 Å². The summed E-state index contributed by atoms with van der Waals surface area (Å²) in [7, 11) is 0. The highest BCUT2D eigenvalue weighted by molar-refractivity contribution is 5.81. The number of hydrogen-bond acceptors (Lipinski definition) is 4. The van der Waals surface area contributed by atoms with Crippen molar-refractivity contribution in [3.8, 4) is 11.5 Å². The number of carbonyl (C=O) groups is 1. The van der Waals surface area contributed by atoms with E-state index >= 15 is 0 Å². The Morgan fingerprint density at radius 1 is 1.11 bits per heavy atom. The number of aromatic hydroxyl groups is 2. The van der Waals surface area contributed by atoms with Crippen LogP contribution in [0, 0.1) is 0 Å². The fourth-order valence-electron chi connectivity index (χ4n) is 1.93. The smallest absolute Gasteiger partial charge is 0.237 e. The van der Waals surface area contributed by atoms with Crippen molar-refractivity contribution in [2.75, 3.05) is 0 Å². The van der Waals surface area contributed by atoms with Crippen molar-refractivity contribution in [2.24, 2.45) is 0 Å². The maximum atomic E-state index is 11.8. The maximum Gasteiger partial charge on any atom is 0.237 e. The molecule has 0 saturated carbocycles. The summed E-state index contributed by atoms with van der Waals surface area (Å²) in [6.07, 6.45) is 0. The first-order valence-electron chi connectivity index (χ1n) is 6.40. The van der Waals surface area contributed by atoms with Crippen LogP contribution in [0.3, 0.4) is 0 Å². The molecule has 1 aromatic rings. The molecule has 1 rings (SSSR count). The number of benzene rings is 1. The molecule has 2 unspecified atom stereocenters. The van der Waals surface area contributed by atoms with Crippen LogP contribution in [0.2, 0.25) is 0 Å². The molecule has 0 aromatic heterocycles. The molecule has 5 heteroatoms. The molecule has 0 radical (unpaired) electrons. The predicted octanol–water partition coefficient (Wildman–Crippen LogP) is 1.66. The second-order valence-corrected chi connectivity index (χ2v) is 4.98. The van der Waals surface area contributed by atoms with Crippen molar-refractivity contribution >= 4 is 5.91 Å². The maximum absolute atomic E-state index is 11.8. The molecule has 19 heavy (non-hydrogen) atoms. The molecule has 4 N–H and O–H groups in total. The Labute approximate surface area is 113 Å². The van der Waals surface area contributed by atoms with Gasteiger partial charge in [-0.05, 0) is 39.8 Å². The van der Waals surface area contributed by atoms with Crippen LogP contribution in [0.1, 0.15) is 39.3 Å². The van der Waals surface area contributed by atoms with Gasteiger partial charge in [0.15, 0.2) is 0 Å². The highest BCUT2D eigenvalue weighted by atomic mass is 16.3. The highest BCUT2D eigenvalue weighted by Gasteiger charge is 2.20. The predicted molar refractivity (Wildman–Crippen MR) is 74.1 cm³/mol. The van der Waals surface area contributed by atoms with E-state index in [-0.39, 0.29) is 29.5 Å². The monoisotopic (exact) mass is 266 g/mol. The van der Waals surface area contributed by atoms with Crippen LogP contribution in [0.5, 0.6) is 11.5 Å². The van der Waals surface area contributed by atoms with Gasteiger partial charge in [-0.15, -0.1) is 0 Å². The first-order valence-corrected chi connectivity index (χ1v) is 6.40. The van der Waals surface area contributed by atoms with Crippen LogP contribution in [0.15, 0.2) is 18.2 Å². The number of nitrogens with one attached hydrogen (secondary N) is 2. The second kappa shape index (κ2) is 6.43. The van der Waals surface area contributed by atoms with E-state index < -0.39 is 6.04 Å². The second-order valence-electron chi connectivity index (χ2n) is 4.98. The molecule has 5 nitrogen and oxygen atoms in total. The van der Waals surface area contributed by atoms with Crippen LogP contribution in [-0.2, 0) is 4.79 Å². The number of hydrogen-bond donors (Lipinski definition) is 4. The fourth-order valence-corrected chi connectivity index (χ4v) is 1.93. The zero-order valence-corrected chi connectivity index (χ0v) is 11.8. The molecule has 0 aliphatic rings. The number of phenols is 2. The number of phenolic OH excluding ortho intramolecular Hbond substituents is 2. The quantitative estimate of drug-likeness (QED) is 0.653. The van der Waals surface area contributed by atoms with Crippen molar-refractivity contribution in [3.05, 3.63) is 23.8 Å². The van der Waals surface area contributed by atoms with Crippen LogP contribution in [-0.4, -0.2) is 28.2 Å². The van der Waals surface area contributed by atoms with Crippen LogP contribution < -0.4 is 10.6 Å². The van der Waals surface area contributed by atoms with E-state index in [1.807, 2.05) is 13.8 Å². The molecule has 0 aliphatic carbocycles. The van der Waals surface area contributed by atoms with Gasteiger partial charge in [0.25, 0.3) is 0 Å². The molecule has 0 bridgehead atoms. The van der Waals surface area contributed by atoms with Gasteiger partial charge in [-0.25, -0.2) is 0 Å². The molecular weight excluding hydrogens is 244 g/mol. The molecule has 0 fully saturated rings. The molecule has 0 aliphatic heterocycles. The summed E-state index contributed by atoms with van der Waals surface area (Å²) in [4.78, 5) is 11.8. The Hall–Kier alpha value is -1.75. The summed E-state index contributed by atoms with van der Waals surface area (Å²) in [5, 5.41) is 25.4. The van der Waals surface area contributed by atoms with Gasteiger partial charge in [-0.2, -0.15) is 0 Å². The van der Waals surface area contributed by atoms with Crippen LogP contribution in [0.4, 0.5) is 0 Å². The Kier molecular flexibility index (Phi) is 5.18. The third-order valence-corrected chi connectivity index (χ3v) is 2.82. The lowest BCUT2D eigenvalue weighted by Crippen LogP contribution is -2.45. The summed E-state index contributed by atoms with van der Waals surface area (Å²) in [6.45, 7) is 7.31. The zero-order valence-electron chi connectivity index (χ0n) is 11.8. The van der Waals surface area contributed by atoms with Gasteiger partial charge in [0, 0.05) is 12.1 Å². The molecule has 1 amide bonds. The van der Waals surface area contributed by atoms with E-state index in [9.17, 15) is 15.0 Å². The third-order valence-electron chi connectivity index (χ3n) is 2.82.